The average Bonchev–Trinajstić information content (AvgIpc) is 2.77. The Hall–Kier alpha value is -0.870. The third kappa shape index (κ3) is 2.87. The zero-order chi connectivity index (χ0) is 12.5. The van der Waals surface area contributed by atoms with Gasteiger partial charge in [0.05, 0.1) is 11.0 Å². The van der Waals surface area contributed by atoms with Crippen LogP contribution >= 0.6 is 0 Å². The van der Waals surface area contributed by atoms with Crippen LogP contribution in [0.5, 0.6) is 0 Å². The molecule has 1 aromatic carbocycles. The molecule has 94 valence electrons. The van der Waals surface area contributed by atoms with E-state index in [1.54, 1.807) is 0 Å². The molecule has 1 unspecified atom stereocenters. The Morgan fingerprint density at radius 3 is 2.76 bits per heavy atom. The van der Waals surface area contributed by atoms with Gasteiger partial charge < -0.3 is 5.32 Å². The molecule has 3 nitrogen and oxygen atoms in total. The van der Waals surface area contributed by atoms with Gasteiger partial charge in [-0.15, -0.1) is 0 Å². The standard InChI is InChI=1S/C13H19NO2S/c1-10-3-4-11(2)12(7-10)9-17(15,16)13-5-6-14-8-13/h3-4,7,13-14H,5-6,8-9H2,1-2H3. The Bertz CT molecular complexity index is 502. The van der Waals surface area contributed by atoms with E-state index in [2.05, 4.69) is 5.32 Å². The lowest BCUT2D eigenvalue weighted by molar-refractivity contribution is 0.582. The lowest BCUT2D eigenvalue weighted by Gasteiger charge is -2.12. The van der Waals surface area contributed by atoms with E-state index >= 15 is 0 Å². The highest BCUT2D eigenvalue weighted by Gasteiger charge is 2.28. The predicted molar refractivity (Wildman–Crippen MR) is 69.8 cm³/mol. The maximum Gasteiger partial charge on any atom is 0.158 e. The second-order valence-corrected chi connectivity index (χ2v) is 7.13. The van der Waals surface area contributed by atoms with Crippen LogP contribution in [0.2, 0.25) is 0 Å². The Kier molecular flexibility index (Phi) is 3.54. The van der Waals surface area contributed by atoms with E-state index in [4.69, 9.17) is 0 Å². The molecule has 1 atom stereocenters. The van der Waals surface area contributed by atoms with E-state index in [9.17, 15) is 8.42 Å². The molecule has 1 aromatic rings. The number of nitrogens with one attached hydrogen (secondary N) is 1. The van der Waals surface area contributed by atoms with Crippen molar-refractivity contribution in [1.82, 2.24) is 5.32 Å². The van der Waals surface area contributed by atoms with Gasteiger partial charge in [0, 0.05) is 6.54 Å². The lowest BCUT2D eigenvalue weighted by atomic mass is 10.1. The molecule has 0 spiro atoms. The molecule has 1 heterocycles. The van der Waals surface area contributed by atoms with E-state index in [1.807, 2.05) is 32.0 Å². The fraction of sp³-hybridized carbons (Fsp3) is 0.538. The highest BCUT2D eigenvalue weighted by molar-refractivity contribution is 7.91. The van der Waals surface area contributed by atoms with E-state index in [-0.39, 0.29) is 11.0 Å². The maximum atomic E-state index is 12.2. The topological polar surface area (TPSA) is 46.2 Å². The average molecular weight is 253 g/mol. The first-order valence-corrected chi connectivity index (χ1v) is 7.69. The van der Waals surface area contributed by atoms with Gasteiger partial charge in [-0.3, -0.25) is 0 Å². The van der Waals surface area contributed by atoms with Crippen molar-refractivity contribution < 1.29 is 8.42 Å². The third-order valence-electron chi connectivity index (χ3n) is 3.38. The number of hydrogen-bond donors (Lipinski definition) is 1. The van der Waals surface area contributed by atoms with E-state index in [0.717, 1.165) is 29.7 Å². The molecule has 0 radical (unpaired) electrons. The summed E-state index contributed by atoms with van der Waals surface area (Å²) in [5.41, 5.74) is 3.12. The monoisotopic (exact) mass is 253 g/mol. The Morgan fingerprint density at radius 1 is 1.35 bits per heavy atom. The Labute approximate surface area is 103 Å². The summed E-state index contributed by atoms with van der Waals surface area (Å²) >= 11 is 0. The maximum absolute atomic E-state index is 12.2. The molecule has 0 aliphatic carbocycles. The second kappa shape index (κ2) is 4.78. The summed E-state index contributed by atoms with van der Waals surface area (Å²) in [6, 6.07) is 5.99. The molecule has 1 fully saturated rings. The largest absolute Gasteiger partial charge is 0.315 e. The summed E-state index contributed by atoms with van der Waals surface area (Å²) in [5, 5.41) is 2.90. The summed E-state index contributed by atoms with van der Waals surface area (Å²) < 4.78 is 24.5. The van der Waals surface area contributed by atoms with Crippen LogP contribution in [0.15, 0.2) is 18.2 Å². The normalized spacial score (nSPS) is 20.7. The summed E-state index contributed by atoms with van der Waals surface area (Å²) in [7, 11) is -3.01. The molecule has 0 bridgehead atoms. The number of benzene rings is 1. The summed E-state index contributed by atoms with van der Waals surface area (Å²) in [4.78, 5) is 0. The fourth-order valence-corrected chi connectivity index (χ4v) is 4.05. The predicted octanol–water partition coefficient (Wildman–Crippen LogP) is 1.58. The van der Waals surface area contributed by atoms with Gasteiger partial charge in [-0.2, -0.15) is 0 Å². The molecular weight excluding hydrogens is 234 g/mol. The summed E-state index contributed by atoms with van der Waals surface area (Å²) in [5.74, 6) is 0.173. The van der Waals surface area contributed by atoms with Gasteiger partial charge >= 0.3 is 0 Å². The van der Waals surface area contributed by atoms with Gasteiger partial charge in [-0.1, -0.05) is 23.8 Å². The van der Waals surface area contributed by atoms with Crippen LogP contribution < -0.4 is 5.32 Å². The molecule has 17 heavy (non-hydrogen) atoms. The first kappa shape index (κ1) is 12.6. The third-order valence-corrected chi connectivity index (χ3v) is 5.52. The molecule has 1 N–H and O–H groups in total. The lowest BCUT2D eigenvalue weighted by Crippen LogP contribution is -2.25. The van der Waals surface area contributed by atoms with Crippen LogP contribution in [-0.4, -0.2) is 26.8 Å². The van der Waals surface area contributed by atoms with Gasteiger partial charge in [0.2, 0.25) is 0 Å². The molecule has 1 aliphatic rings. The summed E-state index contributed by atoms with van der Waals surface area (Å²) in [6.07, 6.45) is 0.743. The number of aryl methyl sites for hydroxylation is 2. The first-order valence-electron chi connectivity index (χ1n) is 5.97. The Morgan fingerprint density at radius 2 is 2.12 bits per heavy atom. The van der Waals surface area contributed by atoms with Gasteiger partial charge in [0.1, 0.15) is 0 Å². The van der Waals surface area contributed by atoms with Crippen LogP contribution in [0, 0.1) is 13.8 Å². The van der Waals surface area contributed by atoms with E-state index in [1.165, 1.54) is 0 Å². The van der Waals surface area contributed by atoms with Gasteiger partial charge in [0.25, 0.3) is 0 Å². The first-order chi connectivity index (χ1) is 7.99. The van der Waals surface area contributed by atoms with Gasteiger partial charge in [-0.05, 0) is 37.9 Å². The van der Waals surface area contributed by atoms with Gasteiger partial charge in [0.15, 0.2) is 9.84 Å². The van der Waals surface area contributed by atoms with Crippen LogP contribution in [0.1, 0.15) is 23.1 Å². The van der Waals surface area contributed by atoms with Crippen molar-refractivity contribution in [3.8, 4) is 0 Å². The zero-order valence-electron chi connectivity index (χ0n) is 10.4. The molecule has 1 aliphatic heterocycles. The SMILES string of the molecule is Cc1ccc(C)c(CS(=O)(=O)C2CCNC2)c1. The van der Waals surface area contributed by atoms with Crippen LogP contribution in [0.25, 0.3) is 0 Å². The van der Waals surface area contributed by atoms with Crippen molar-refractivity contribution in [2.45, 2.75) is 31.3 Å². The smallest absolute Gasteiger partial charge is 0.158 e. The van der Waals surface area contributed by atoms with Crippen molar-refractivity contribution >= 4 is 9.84 Å². The quantitative estimate of drug-likeness (QED) is 0.889. The molecule has 0 aromatic heterocycles. The van der Waals surface area contributed by atoms with Crippen molar-refractivity contribution in [2.75, 3.05) is 13.1 Å². The molecule has 0 saturated carbocycles. The van der Waals surface area contributed by atoms with E-state index < -0.39 is 9.84 Å². The number of rotatable bonds is 3. The molecule has 1 saturated heterocycles. The molecule has 0 amide bonds. The zero-order valence-corrected chi connectivity index (χ0v) is 11.2. The number of hydrogen-bond acceptors (Lipinski definition) is 3. The van der Waals surface area contributed by atoms with Crippen molar-refractivity contribution in [1.29, 1.82) is 0 Å². The van der Waals surface area contributed by atoms with Crippen molar-refractivity contribution in [3.05, 3.63) is 34.9 Å². The molecule has 4 heteroatoms. The van der Waals surface area contributed by atoms with Crippen molar-refractivity contribution in [3.63, 3.8) is 0 Å². The van der Waals surface area contributed by atoms with Crippen molar-refractivity contribution in [2.24, 2.45) is 0 Å². The highest BCUT2D eigenvalue weighted by Crippen LogP contribution is 2.19. The number of sulfone groups is 1. The van der Waals surface area contributed by atoms with Crippen LogP contribution in [0.3, 0.4) is 0 Å². The minimum atomic E-state index is -3.01. The van der Waals surface area contributed by atoms with E-state index in [0.29, 0.717) is 6.54 Å². The fourth-order valence-electron chi connectivity index (χ4n) is 2.23. The Balaban J connectivity index is 2.22. The van der Waals surface area contributed by atoms with Gasteiger partial charge in [-0.25, -0.2) is 8.42 Å². The van der Waals surface area contributed by atoms with Crippen LogP contribution in [0.4, 0.5) is 0 Å². The minimum Gasteiger partial charge on any atom is -0.315 e. The second-order valence-electron chi connectivity index (χ2n) is 4.85. The highest BCUT2D eigenvalue weighted by atomic mass is 32.2. The molecule has 2 rings (SSSR count). The summed E-state index contributed by atoms with van der Waals surface area (Å²) in [6.45, 7) is 5.38. The molecular formula is C13H19NO2S. The van der Waals surface area contributed by atoms with Crippen LogP contribution in [-0.2, 0) is 15.6 Å². The minimum absolute atomic E-state index is 0.173.